The van der Waals surface area contributed by atoms with Crippen molar-refractivity contribution in [3.8, 4) is 0 Å². The van der Waals surface area contributed by atoms with Crippen LogP contribution in [0, 0.1) is 6.92 Å². The molecule has 3 rings (SSSR count). The highest BCUT2D eigenvalue weighted by atomic mass is 79.9. The molecule has 0 fully saturated rings. The Bertz CT molecular complexity index is 798. The minimum atomic E-state index is 0.0681. The number of hydrogen-bond donors (Lipinski definition) is 1. The van der Waals surface area contributed by atoms with Gasteiger partial charge in [0.1, 0.15) is 15.9 Å². The Morgan fingerprint density at radius 2 is 2.00 bits per heavy atom. The second kappa shape index (κ2) is 5.81. The van der Waals surface area contributed by atoms with Crippen molar-refractivity contribution < 1.29 is 4.42 Å². The van der Waals surface area contributed by atoms with Gasteiger partial charge < -0.3 is 9.73 Å². The lowest BCUT2D eigenvalue weighted by Crippen LogP contribution is -2.06. The summed E-state index contributed by atoms with van der Waals surface area (Å²) in [5.74, 6) is 0.906. The summed E-state index contributed by atoms with van der Waals surface area (Å²) in [6.07, 6.45) is 1.81. The highest BCUT2D eigenvalue weighted by molar-refractivity contribution is 9.10. The molecule has 2 aromatic heterocycles. The van der Waals surface area contributed by atoms with Crippen LogP contribution in [-0.2, 0) is 0 Å². The summed E-state index contributed by atoms with van der Waals surface area (Å²) in [5.41, 5.74) is 2.97. The molecule has 0 spiro atoms. The monoisotopic (exact) mass is 408 g/mol. The number of aryl methyl sites for hydroxylation is 1. The molecule has 0 amide bonds. The van der Waals surface area contributed by atoms with Gasteiger partial charge in [0.15, 0.2) is 0 Å². The van der Waals surface area contributed by atoms with Crippen LogP contribution < -0.4 is 5.32 Å². The first-order valence-electron chi connectivity index (χ1n) is 6.60. The van der Waals surface area contributed by atoms with Gasteiger partial charge in [-0.25, -0.2) is 4.98 Å². The molecule has 0 saturated carbocycles. The molecule has 3 nitrogen and oxygen atoms in total. The summed E-state index contributed by atoms with van der Waals surface area (Å²) < 4.78 is 7.82. The predicted molar refractivity (Wildman–Crippen MR) is 92.6 cm³/mol. The Balaban J connectivity index is 1.85. The van der Waals surface area contributed by atoms with Gasteiger partial charge in [-0.05, 0) is 65.7 Å². The van der Waals surface area contributed by atoms with Crippen molar-refractivity contribution in [2.45, 2.75) is 19.9 Å². The molecule has 0 radical (unpaired) electrons. The third kappa shape index (κ3) is 3.14. The molecule has 1 unspecified atom stereocenters. The fraction of sp³-hybridized carbons (Fsp3) is 0.188. The van der Waals surface area contributed by atoms with Crippen LogP contribution in [0.4, 0.5) is 5.69 Å². The summed E-state index contributed by atoms with van der Waals surface area (Å²) in [7, 11) is 0. The first-order valence-corrected chi connectivity index (χ1v) is 8.19. The van der Waals surface area contributed by atoms with Crippen LogP contribution in [0.5, 0.6) is 0 Å². The van der Waals surface area contributed by atoms with Crippen LogP contribution in [0.2, 0.25) is 0 Å². The molecular weight excluding hydrogens is 396 g/mol. The smallest absolute Gasteiger partial charge is 0.134 e. The topological polar surface area (TPSA) is 38.1 Å². The Morgan fingerprint density at radius 3 is 2.76 bits per heavy atom. The zero-order chi connectivity index (χ0) is 15.0. The molecule has 2 heterocycles. The van der Waals surface area contributed by atoms with E-state index in [0.29, 0.717) is 0 Å². The number of fused-ring (bicyclic) bond motifs is 1. The third-order valence-electron chi connectivity index (χ3n) is 3.32. The lowest BCUT2D eigenvalue weighted by Gasteiger charge is -2.13. The number of rotatable bonds is 3. The van der Waals surface area contributed by atoms with Crippen LogP contribution in [-0.4, -0.2) is 4.98 Å². The predicted octanol–water partition coefficient (Wildman–Crippen LogP) is 5.83. The van der Waals surface area contributed by atoms with Crippen LogP contribution in [0.15, 0.2) is 50.0 Å². The Kier molecular flexibility index (Phi) is 4.04. The molecular formula is C16H14Br2N2O. The van der Waals surface area contributed by atoms with Gasteiger partial charge in [0, 0.05) is 9.86 Å². The van der Waals surface area contributed by atoms with Crippen molar-refractivity contribution in [1.82, 2.24) is 4.98 Å². The second-order valence-corrected chi connectivity index (χ2v) is 6.70. The molecule has 0 aliphatic rings. The molecule has 108 valence electrons. The van der Waals surface area contributed by atoms with E-state index >= 15 is 0 Å². The minimum absolute atomic E-state index is 0.0681. The number of nitrogens with zero attached hydrogens (tertiary/aromatic N) is 1. The molecule has 5 heteroatoms. The lowest BCUT2D eigenvalue weighted by atomic mass is 10.2. The minimum Gasteiger partial charge on any atom is -0.459 e. The van der Waals surface area contributed by atoms with E-state index in [4.69, 9.17) is 4.42 Å². The summed E-state index contributed by atoms with van der Waals surface area (Å²) in [6, 6.07) is 10.2. The quantitative estimate of drug-likeness (QED) is 0.552. The van der Waals surface area contributed by atoms with Crippen molar-refractivity contribution in [3.05, 3.63) is 56.9 Å². The average Bonchev–Trinajstić information content (AvgIpc) is 2.86. The maximum Gasteiger partial charge on any atom is 0.134 e. The van der Waals surface area contributed by atoms with Crippen LogP contribution in [0.3, 0.4) is 0 Å². The maximum atomic E-state index is 5.90. The van der Waals surface area contributed by atoms with E-state index in [2.05, 4.69) is 67.3 Å². The van der Waals surface area contributed by atoms with Gasteiger partial charge in [0.2, 0.25) is 0 Å². The highest BCUT2D eigenvalue weighted by Gasteiger charge is 2.12. The van der Waals surface area contributed by atoms with Gasteiger partial charge in [0.25, 0.3) is 0 Å². The van der Waals surface area contributed by atoms with Crippen molar-refractivity contribution in [2.24, 2.45) is 0 Å². The standard InChI is InChI=1S/C16H14Br2N2O/c1-9-5-13(8-19-16(9)18)20-10(2)15-7-11-6-12(17)3-4-14(11)21-15/h3-8,10,20H,1-2H3. The van der Waals surface area contributed by atoms with Crippen LogP contribution in [0.1, 0.15) is 24.3 Å². The largest absolute Gasteiger partial charge is 0.459 e. The number of aromatic nitrogens is 1. The van der Waals surface area contributed by atoms with Gasteiger partial charge in [-0.2, -0.15) is 0 Å². The fourth-order valence-corrected chi connectivity index (χ4v) is 2.80. The molecule has 0 aliphatic heterocycles. The van der Waals surface area contributed by atoms with Crippen LogP contribution >= 0.6 is 31.9 Å². The number of anilines is 1. The summed E-state index contributed by atoms with van der Waals surface area (Å²) >= 11 is 6.89. The zero-order valence-electron chi connectivity index (χ0n) is 11.7. The van der Waals surface area contributed by atoms with Gasteiger partial charge in [0.05, 0.1) is 17.9 Å². The zero-order valence-corrected chi connectivity index (χ0v) is 14.8. The summed E-state index contributed by atoms with van der Waals surface area (Å²) in [6.45, 7) is 4.09. The first-order chi connectivity index (χ1) is 10.0. The number of pyridine rings is 1. The number of benzene rings is 1. The number of hydrogen-bond acceptors (Lipinski definition) is 3. The molecule has 0 aliphatic carbocycles. The normalized spacial score (nSPS) is 12.6. The van der Waals surface area contributed by atoms with Gasteiger partial charge in [-0.1, -0.05) is 15.9 Å². The SMILES string of the molecule is Cc1cc(NC(C)c2cc3cc(Br)ccc3o2)cnc1Br. The van der Waals surface area contributed by atoms with Crippen LogP contribution in [0.25, 0.3) is 11.0 Å². The highest BCUT2D eigenvalue weighted by Crippen LogP contribution is 2.28. The third-order valence-corrected chi connectivity index (χ3v) is 4.65. The summed E-state index contributed by atoms with van der Waals surface area (Å²) in [4.78, 5) is 4.30. The Labute approximate surface area is 140 Å². The van der Waals surface area contributed by atoms with Crippen molar-refractivity contribution in [1.29, 1.82) is 0 Å². The number of halogens is 2. The van der Waals surface area contributed by atoms with E-state index in [1.54, 1.807) is 0 Å². The molecule has 1 aromatic carbocycles. The second-order valence-electron chi connectivity index (χ2n) is 5.03. The van der Waals surface area contributed by atoms with E-state index < -0.39 is 0 Å². The van der Waals surface area contributed by atoms with E-state index in [0.717, 1.165) is 37.1 Å². The van der Waals surface area contributed by atoms with Crippen molar-refractivity contribution >= 4 is 48.5 Å². The Morgan fingerprint density at radius 1 is 1.19 bits per heavy atom. The molecule has 0 bridgehead atoms. The lowest BCUT2D eigenvalue weighted by molar-refractivity contribution is 0.526. The molecule has 3 aromatic rings. The van der Waals surface area contributed by atoms with E-state index in [-0.39, 0.29) is 6.04 Å². The average molecular weight is 410 g/mol. The van der Waals surface area contributed by atoms with Gasteiger partial charge >= 0.3 is 0 Å². The number of nitrogens with one attached hydrogen (secondary N) is 1. The summed E-state index contributed by atoms with van der Waals surface area (Å²) in [5, 5.41) is 4.51. The van der Waals surface area contributed by atoms with E-state index in [9.17, 15) is 0 Å². The van der Waals surface area contributed by atoms with Crippen molar-refractivity contribution in [2.75, 3.05) is 5.32 Å². The van der Waals surface area contributed by atoms with Crippen molar-refractivity contribution in [3.63, 3.8) is 0 Å². The first kappa shape index (κ1) is 14.6. The molecule has 1 atom stereocenters. The Hall–Kier alpha value is -1.33. The van der Waals surface area contributed by atoms with Gasteiger partial charge in [-0.15, -0.1) is 0 Å². The maximum absolute atomic E-state index is 5.90. The molecule has 21 heavy (non-hydrogen) atoms. The van der Waals surface area contributed by atoms with Gasteiger partial charge in [-0.3, -0.25) is 0 Å². The van der Waals surface area contributed by atoms with E-state index in [1.165, 1.54) is 0 Å². The molecule has 1 N–H and O–H groups in total. The fourth-order valence-electron chi connectivity index (χ4n) is 2.21. The number of furan rings is 1. The van der Waals surface area contributed by atoms with E-state index in [1.807, 2.05) is 25.3 Å². The molecule has 0 saturated heterocycles.